The standard InChI is InChI=1S/C39H29BS2/c1-38(2)16-17-39(3)25-14-12-23(13-15-25)37-36-34-26(10-7-11-31(34)42-37)27-18-24(22-8-5-4-6-9-22)19-33-35(27)40(36)30-20-29(39)28(38)21-32(30)41-33/h4-15,18-21H,16-17H2,1-3H3. The number of thiophene rings is 1. The van der Waals surface area contributed by atoms with Gasteiger partial charge in [0.05, 0.1) is 0 Å². The minimum absolute atomic E-state index is 0.0169. The summed E-state index contributed by atoms with van der Waals surface area (Å²) >= 11 is 4.00. The quantitative estimate of drug-likeness (QED) is 0.177. The first-order chi connectivity index (χ1) is 20.4. The first kappa shape index (κ1) is 24.0. The van der Waals surface area contributed by atoms with Gasteiger partial charge in [-0.15, -0.1) is 11.3 Å². The summed E-state index contributed by atoms with van der Waals surface area (Å²) in [5.74, 6) is 0. The molecule has 5 heterocycles. The molecule has 6 aromatic rings. The van der Waals surface area contributed by atoms with Crippen molar-refractivity contribution < 1.29 is 0 Å². The van der Waals surface area contributed by atoms with Gasteiger partial charge in [0.25, 0.3) is 0 Å². The van der Waals surface area contributed by atoms with Crippen molar-refractivity contribution in [2.45, 2.75) is 54.2 Å². The van der Waals surface area contributed by atoms with E-state index >= 15 is 0 Å². The highest BCUT2D eigenvalue weighted by Crippen LogP contribution is 2.52. The SMILES string of the molecule is CC1(C)CCC2(C)c3ccc(cc3)-c3sc4cccc5c4c3B3c4cc2c1cc4Sc1cc(-c2ccccc2)cc-5c13. The monoisotopic (exact) mass is 572 g/mol. The van der Waals surface area contributed by atoms with Crippen molar-refractivity contribution >= 4 is 56.3 Å². The van der Waals surface area contributed by atoms with E-state index in [9.17, 15) is 0 Å². The van der Waals surface area contributed by atoms with E-state index in [2.05, 4.69) is 118 Å². The van der Waals surface area contributed by atoms with Gasteiger partial charge in [-0.1, -0.05) is 111 Å². The van der Waals surface area contributed by atoms with Crippen molar-refractivity contribution in [2.24, 2.45) is 0 Å². The molecule has 5 aliphatic rings. The van der Waals surface area contributed by atoms with Crippen LogP contribution >= 0.6 is 23.1 Å². The van der Waals surface area contributed by atoms with E-state index in [1.165, 1.54) is 87.4 Å². The lowest BCUT2D eigenvalue weighted by atomic mass is 9.33. The van der Waals surface area contributed by atoms with Crippen LogP contribution in [-0.4, -0.2) is 6.71 Å². The summed E-state index contributed by atoms with van der Waals surface area (Å²) in [7, 11) is 0. The molecule has 0 amide bonds. The Kier molecular flexibility index (Phi) is 4.51. The summed E-state index contributed by atoms with van der Waals surface area (Å²) in [5.41, 5.74) is 16.1. The van der Waals surface area contributed by atoms with Crippen molar-refractivity contribution in [3.8, 4) is 32.7 Å². The molecular formula is C39H29BS2. The fraction of sp³-hybridized carbons (Fsp3) is 0.179. The molecule has 200 valence electrons. The van der Waals surface area contributed by atoms with E-state index in [1.807, 2.05) is 23.1 Å². The molecule has 0 N–H and O–H groups in total. The second-order valence-electron chi connectivity index (χ2n) is 13.6. The largest absolute Gasteiger partial charge is 0.247 e. The topological polar surface area (TPSA) is 0 Å². The fourth-order valence-corrected chi connectivity index (χ4v) is 11.0. The predicted octanol–water partition coefficient (Wildman–Crippen LogP) is 8.89. The second kappa shape index (κ2) is 7.89. The molecule has 4 bridgehead atoms. The van der Waals surface area contributed by atoms with Crippen molar-refractivity contribution in [1.29, 1.82) is 0 Å². The minimum Gasteiger partial charge on any atom is -0.136 e. The van der Waals surface area contributed by atoms with Gasteiger partial charge in [0.15, 0.2) is 0 Å². The Bertz CT molecular complexity index is 2150. The Morgan fingerprint density at radius 1 is 0.643 bits per heavy atom. The predicted molar refractivity (Wildman–Crippen MR) is 182 cm³/mol. The van der Waals surface area contributed by atoms with E-state index in [-0.39, 0.29) is 17.5 Å². The lowest BCUT2D eigenvalue weighted by molar-refractivity contribution is 0.349. The molecule has 42 heavy (non-hydrogen) atoms. The molecule has 1 unspecified atom stereocenters. The van der Waals surface area contributed by atoms with Crippen LogP contribution < -0.4 is 16.4 Å². The maximum absolute atomic E-state index is 2.67. The summed E-state index contributed by atoms with van der Waals surface area (Å²) in [5, 5.41) is 1.47. The number of hydrogen-bond acceptors (Lipinski definition) is 2. The van der Waals surface area contributed by atoms with Gasteiger partial charge in [0, 0.05) is 24.8 Å². The van der Waals surface area contributed by atoms with Crippen LogP contribution in [0.1, 0.15) is 50.3 Å². The van der Waals surface area contributed by atoms with Crippen LogP contribution in [0, 0.1) is 0 Å². The average Bonchev–Trinajstić information content (AvgIpc) is 3.40. The Morgan fingerprint density at radius 3 is 2.31 bits per heavy atom. The number of hydrogen-bond donors (Lipinski definition) is 0. The van der Waals surface area contributed by atoms with Gasteiger partial charge >= 0.3 is 0 Å². The third-order valence-electron chi connectivity index (χ3n) is 10.9. The van der Waals surface area contributed by atoms with Crippen LogP contribution in [0.3, 0.4) is 0 Å². The van der Waals surface area contributed by atoms with Crippen molar-refractivity contribution in [3.63, 3.8) is 0 Å². The summed E-state index contributed by atoms with van der Waals surface area (Å²) in [6.07, 6.45) is 2.38. The molecular weight excluding hydrogens is 543 g/mol. The molecule has 1 atom stereocenters. The molecule has 11 rings (SSSR count). The van der Waals surface area contributed by atoms with Gasteiger partial charge in [-0.3, -0.25) is 0 Å². The first-order valence-electron chi connectivity index (χ1n) is 15.2. The highest BCUT2D eigenvalue weighted by atomic mass is 32.2. The Morgan fingerprint density at radius 2 is 1.48 bits per heavy atom. The molecule has 0 saturated carbocycles. The normalized spacial score (nSPS) is 19.7. The Labute approximate surface area is 255 Å². The Hall–Kier alpha value is -3.53. The smallest absolute Gasteiger partial charge is 0.136 e. The second-order valence-corrected chi connectivity index (χ2v) is 15.7. The highest BCUT2D eigenvalue weighted by Gasteiger charge is 2.46. The summed E-state index contributed by atoms with van der Waals surface area (Å²) < 4.78 is 1.40. The van der Waals surface area contributed by atoms with Gasteiger partial charge in [0.2, 0.25) is 6.71 Å². The van der Waals surface area contributed by atoms with Crippen molar-refractivity contribution in [2.75, 3.05) is 0 Å². The summed E-state index contributed by atoms with van der Waals surface area (Å²) in [4.78, 5) is 4.32. The molecule has 0 saturated heterocycles. The molecule has 0 radical (unpaired) electrons. The number of fused-ring (bicyclic) bond motifs is 3. The van der Waals surface area contributed by atoms with Crippen LogP contribution in [0.25, 0.3) is 42.8 Å². The van der Waals surface area contributed by atoms with Gasteiger partial charge in [-0.2, -0.15) is 0 Å². The number of rotatable bonds is 1. The molecule has 1 aliphatic carbocycles. The summed E-state index contributed by atoms with van der Waals surface area (Å²) in [6, 6.07) is 37.9. The van der Waals surface area contributed by atoms with E-state index in [1.54, 1.807) is 11.1 Å². The zero-order chi connectivity index (χ0) is 28.0. The fourth-order valence-electron chi connectivity index (χ4n) is 8.54. The van der Waals surface area contributed by atoms with Crippen LogP contribution in [0.2, 0.25) is 0 Å². The molecule has 0 fully saturated rings. The zero-order valence-electron chi connectivity index (χ0n) is 24.0. The Balaban J connectivity index is 1.40. The maximum Gasteiger partial charge on any atom is 0.247 e. The molecule has 5 aromatic carbocycles. The molecule has 0 spiro atoms. The maximum atomic E-state index is 2.67. The van der Waals surface area contributed by atoms with Crippen molar-refractivity contribution in [3.05, 3.63) is 114 Å². The minimum atomic E-state index is 0.0169. The highest BCUT2D eigenvalue weighted by molar-refractivity contribution is 8.00. The lowest BCUT2D eigenvalue weighted by Crippen LogP contribution is -2.58. The molecule has 4 aliphatic heterocycles. The van der Waals surface area contributed by atoms with Crippen LogP contribution in [0.4, 0.5) is 0 Å². The third kappa shape index (κ3) is 2.92. The van der Waals surface area contributed by atoms with Gasteiger partial charge in [-0.05, 0) is 103 Å². The van der Waals surface area contributed by atoms with Crippen LogP contribution in [0.5, 0.6) is 0 Å². The van der Waals surface area contributed by atoms with Crippen molar-refractivity contribution in [1.82, 2.24) is 0 Å². The van der Waals surface area contributed by atoms with E-state index in [0.717, 1.165) is 0 Å². The van der Waals surface area contributed by atoms with Crippen LogP contribution in [-0.2, 0) is 10.8 Å². The molecule has 0 nitrogen and oxygen atoms in total. The van der Waals surface area contributed by atoms with Gasteiger partial charge < -0.3 is 0 Å². The molecule has 1 aromatic heterocycles. The average molecular weight is 573 g/mol. The lowest BCUT2D eigenvalue weighted by Gasteiger charge is -2.45. The van der Waals surface area contributed by atoms with Gasteiger partial charge in [-0.25, -0.2) is 0 Å². The first-order valence-corrected chi connectivity index (χ1v) is 16.8. The third-order valence-corrected chi connectivity index (χ3v) is 13.3. The zero-order valence-corrected chi connectivity index (χ0v) is 25.7. The van der Waals surface area contributed by atoms with Gasteiger partial charge in [0.1, 0.15) is 0 Å². The van der Waals surface area contributed by atoms with Crippen LogP contribution in [0.15, 0.2) is 107 Å². The van der Waals surface area contributed by atoms with E-state index < -0.39 is 0 Å². The number of benzene rings is 5. The summed E-state index contributed by atoms with van der Waals surface area (Å²) in [6.45, 7) is 7.67. The molecule has 3 heteroatoms. The van der Waals surface area contributed by atoms with E-state index in [4.69, 9.17) is 0 Å². The van der Waals surface area contributed by atoms with E-state index in [0.29, 0.717) is 0 Å².